The molecule has 1 fully saturated rings. The Labute approximate surface area is 147 Å². The lowest BCUT2D eigenvalue weighted by molar-refractivity contribution is -0.162. The van der Waals surface area contributed by atoms with Crippen LogP contribution in [0.5, 0.6) is 17.2 Å². The van der Waals surface area contributed by atoms with Gasteiger partial charge >= 0.3 is 0 Å². The molecule has 0 aliphatic carbocycles. The van der Waals surface area contributed by atoms with E-state index in [1.165, 1.54) is 13.2 Å². The summed E-state index contributed by atoms with van der Waals surface area (Å²) in [7, 11) is 3.05. The van der Waals surface area contributed by atoms with E-state index in [4.69, 9.17) is 23.4 Å². The number of hydrogen-bond acceptors (Lipinski definition) is 7. The average molecular weight is 356 g/mol. The lowest BCUT2D eigenvalue weighted by atomic mass is 9.95. The van der Waals surface area contributed by atoms with E-state index < -0.39 is 6.29 Å². The van der Waals surface area contributed by atoms with Crippen molar-refractivity contribution in [2.24, 2.45) is 0 Å². The maximum absolute atomic E-state index is 13.1. The average Bonchev–Trinajstić information content (AvgIpc) is 3.17. The van der Waals surface area contributed by atoms with Gasteiger partial charge in [-0.15, -0.1) is 0 Å². The smallest absolute Gasteiger partial charge is 0.209 e. The minimum atomic E-state index is -0.490. The summed E-state index contributed by atoms with van der Waals surface area (Å²) in [4.78, 5) is 13.1. The number of fused-ring (bicyclic) bond motifs is 6. The predicted molar refractivity (Wildman–Crippen MR) is 91.9 cm³/mol. The van der Waals surface area contributed by atoms with Gasteiger partial charge in [0.15, 0.2) is 6.29 Å². The van der Waals surface area contributed by atoms with Crippen LogP contribution in [0.4, 0.5) is 0 Å². The molecule has 3 aromatic rings. The van der Waals surface area contributed by atoms with E-state index in [0.717, 1.165) is 5.56 Å². The fourth-order valence-corrected chi connectivity index (χ4v) is 3.89. The van der Waals surface area contributed by atoms with E-state index in [1.807, 2.05) is 0 Å². The van der Waals surface area contributed by atoms with Crippen molar-refractivity contribution in [1.29, 1.82) is 0 Å². The van der Waals surface area contributed by atoms with Crippen LogP contribution in [0.2, 0.25) is 0 Å². The first-order valence-corrected chi connectivity index (χ1v) is 8.26. The Bertz CT molecular complexity index is 1100. The first kappa shape index (κ1) is 15.5. The number of hydrogen-bond donors (Lipinski definition) is 1. The SMILES string of the molecule is COc1cc2c(c3oc4cccc(O)c4c(=O)c13)[C@@H]1C[C@H](OC)O[C@H]1O2. The second-order valence-corrected chi connectivity index (χ2v) is 6.41. The van der Waals surface area contributed by atoms with Crippen LogP contribution in [0, 0.1) is 0 Å². The van der Waals surface area contributed by atoms with E-state index in [9.17, 15) is 9.90 Å². The molecule has 1 saturated heterocycles. The van der Waals surface area contributed by atoms with Crippen LogP contribution in [-0.2, 0) is 9.47 Å². The van der Waals surface area contributed by atoms with Gasteiger partial charge in [-0.1, -0.05) is 6.07 Å². The maximum atomic E-state index is 13.1. The Balaban J connectivity index is 1.88. The zero-order valence-electron chi connectivity index (χ0n) is 14.1. The molecule has 0 saturated carbocycles. The molecule has 7 nitrogen and oxygen atoms in total. The Morgan fingerprint density at radius 1 is 1.23 bits per heavy atom. The summed E-state index contributed by atoms with van der Waals surface area (Å²) >= 11 is 0. The summed E-state index contributed by atoms with van der Waals surface area (Å²) in [5.74, 6) is 0.669. The van der Waals surface area contributed by atoms with E-state index in [-0.39, 0.29) is 34.2 Å². The molecular formula is C19H16O7. The molecule has 26 heavy (non-hydrogen) atoms. The number of rotatable bonds is 2. The zero-order valence-corrected chi connectivity index (χ0v) is 14.1. The fraction of sp³-hybridized carbons (Fsp3) is 0.316. The van der Waals surface area contributed by atoms with Crippen LogP contribution in [0.25, 0.3) is 21.9 Å². The third kappa shape index (κ3) is 1.92. The van der Waals surface area contributed by atoms with Crippen LogP contribution in [0.15, 0.2) is 33.5 Å². The molecule has 2 aliphatic heterocycles. The summed E-state index contributed by atoms with van der Waals surface area (Å²) in [6, 6.07) is 6.41. The third-order valence-electron chi connectivity index (χ3n) is 5.07. The Morgan fingerprint density at radius 3 is 2.85 bits per heavy atom. The lowest BCUT2D eigenvalue weighted by Gasteiger charge is -2.13. The van der Waals surface area contributed by atoms with Crippen molar-refractivity contribution in [3.05, 3.63) is 40.1 Å². The molecule has 1 aromatic heterocycles. The molecule has 7 heteroatoms. The molecule has 0 radical (unpaired) electrons. The molecule has 3 atom stereocenters. The van der Waals surface area contributed by atoms with Crippen molar-refractivity contribution in [2.75, 3.05) is 14.2 Å². The van der Waals surface area contributed by atoms with Gasteiger partial charge in [0, 0.05) is 25.2 Å². The van der Waals surface area contributed by atoms with Crippen LogP contribution in [-0.4, -0.2) is 31.9 Å². The van der Waals surface area contributed by atoms with Crippen molar-refractivity contribution in [3.8, 4) is 17.2 Å². The summed E-state index contributed by atoms with van der Waals surface area (Å²) < 4.78 is 28.4. The molecular weight excluding hydrogens is 340 g/mol. The van der Waals surface area contributed by atoms with Crippen molar-refractivity contribution in [1.82, 2.24) is 0 Å². The minimum Gasteiger partial charge on any atom is -0.507 e. The highest BCUT2D eigenvalue weighted by atomic mass is 16.8. The van der Waals surface area contributed by atoms with E-state index in [0.29, 0.717) is 29.1 Å². The standard InChI is InChI=1S/C19H16O7/c1-22-11-7-12-14(8-6-13(23-2)26-19(8)25-12)18-16(11)17(21)15-9(20)4-3-5-10(15)24-18/h3-5,7-8,13,19-20H,6H2,1-2H3/t8-,13+,19+/m0/s1. The van der Waals surface area contributed by atoms with Crippen LogP contribution in [0.3, 0.4) is 0 Å². The molecule has 3 heterocycles. The molecule has 0 bridgehead atoms. The molecule has 5 rings (SSSR count). The Hall–Kier alpha value is -2.77. The normalized spacial score (nSPS) is 23.8. The first-order valence-electron chi connectivity index (χ1n) is 8.26. The molecule has 0 amide bonds. The summed E-state index contributed by atoms with van der Waals surface area (Å²) in [5, 5.41) is 10.5. The molecule has 0 unspecified atom stereocenters. The Morgan fingerprint density at radius 2 is 2.08 bits per heavy atom. The molecule has 1 N–H and O–H groups in total. The van der Waals surface area contributed by atoms with E-state index >= 15 is 0 Å². The van der Waals surface area contributed by atoms with Gasteiger partial charge in [0.2, 0.25) is 11.7 Å². The largest absolute Gasteiger partial charge is 0.507 e. The number of phenols is 1. The third-order valence-corrected chi connectivity index (χ3v) is 5.07. The minimum absolute atomic E-state index is 0.110. The summed E-state index contributed by atoms with van der Waals surface area (Å²) in [5.41, 5.74) is 1.14. The van der Waals surface area contributed by atoms with Crippen LogP contribution >= 0.6 is 0 Å². The van der Waals surface area contributed by atoms with Gasteiger partial charge in [-0.3, -0.25) is 4.79 Å². The van der Waals surface area contributed by atoms with Crippen LogP contribution < -0.4 is 14.9 Å². The van der Waals surface area contributed by atoms with E-state index in [1.54, 1.807) is 25.3 Å². The maximum Gasteiger partial charge on any atom is 0.209 e. The highest BCUT2D eigenvalue weighted by Gasteiger charge is 2.46. The van der Waals surface area contributed by atoms with Crippen LogP contribution in [0.1, 0.15) is 17.9 Å². The van der Waals surface area contributed by atoms with Gasteiger partial charge in [-0.05, 0) is 12.1 Å². The highest BCUT2D eigenvalue weighted by Crippen LogP contribution is 2.51. The molecule has 0 spiro atoms. The first-order chi connectivity index (χ1) is 12.6. The van der Waals surface area contributed by atoms with Crippen molar-refractivity contribution in [3.63, 3.8) is 0 Å². The quantitative estimate of drug-likeness (QED) is 0.707. The second kappa shape index (κ2) is 5.36. The van der Waals surface area contributed by atoms with Gasteiger partial charge in [-0.2, -0.15) is 0 Å². The predicted octanol–water partition coefficient (Wildman–Crippen LogP) is 2.86. The van der Waals surface area contributed by atoms with Gasteiger partial charge in [0.05, 0.1) is 13.0 Å². The molecule has 2 aromatic carbocycles. The van der Waals surface area contributed by atoms with E-state index in [2.05, 4.69) is 0 Å². The number of phenolic OH excluding ortho intramolecular Hbond substituents is 1. The molecule has 2 aliphatic rings. The van der Waals surface area contributed by atoms with Gasteiger partial charge in [-0.25, -0.2) is 0 Å². The Kier molecular flexibility index (Phi) is 3.19. The monoisotopic (exact) mass is 356 g/mol. The van der Waals surface area contributed by atoms with Gasteiger partial charge in [0.1, 0.15) is 39.2 Å². The highest BCUT2D eigenvalue weighted by molar-refractivity contribution is 5.98. The number of aromatic hydroxyl groups is 1. The fourth-order valence-electron chi connectivity index (χ4n) is 3.89. The van der Waals surface area contributed by atoms with Crippen molar-refractivity contribution < 1.29 is 28.5 Å². The molecule has 134 valence electrons. The number of benzene rings is 2. The summed E-state index contributed by atoms with van der Waals surface area (Å²) in [6.07, 6.45) is -0.265. The summed E-state index contributed by atoms with van der Waals surface area (Å²) in [6.45, 7) is 0. The van der Waals surface area contributed by atoms with Crippen molar-refractivity contribution >= 4 is 21.9 Å². The lowest BCUT2D eigenvalue weighted by Crippen LogP contribution is -2.17. The van der Waals surface area contributed by atoms with Gasteiger partial charge in [0.25, 0.3) is 0 Å². The second-order valence-electron chi connectivity index (χ2n) is 6.41. The zero-order chi connectivity index (χ0) is 18.0. The topological polar surface area (TPSA) is 87.4 Å². The van der Waals surface area contributed by atoms with Gasteiger partial charge < -0.3 is 28.5 Å². The number of ether oxygens (including phenoxy) is 4. The number of methoxy groups -OCH3 is 2. The van der Waals surface area contributed by atoms with Crippen molar-refractivity contribution in [2.45, 2.75) is 24.9 Å².